The van der Waals surface area contributed by atoms with Crippen molar-refractivity contribution in [3.05, 3.63) is 71.8 Å². The number of benzene rings is 2. The summed E-state index contributed by atoms with van der Waals surface area (Å²) in [5.41, 5.74) is 7.17. The Bertz CT molecular complexity index is 736. The molecule has 5 nitrogen and oxygen atoms in total. The van der Waals surface area contributed by atoms with Crippen LogP contribution in [-0.2, 0) is 9.59 Å². The second-order valence-electron chi connectivity index (χ2n) is 8.73. The highest BCUT2D eigenvalue weighted by Gasteiger charge is 2.25. The van der Waals surface area contributed by atoms with Gasteiger partial charge in [-0.15, -0.1) is 0 Å². The predicted octanol–water partition coefficient (Wildman–Crippen LogP) is 5.79. The number of hydrogen-bond acceptors (Lipinski definition) is 3. The van der Waals surface area contributed by atoms with Gasteiger partial charge in [0.25, 0.3) is 0 Å². The van der Waals surface area contributed by atoms with Gasteiger partial charge in [0.15, 0.2) is 0 Å². The summed E-state index contributed by atoms with van der Waals surface area (Å²) in [7, 11) is 0. The summed E-state index contributed by atoms with van der Waals surface area (Å²) in [5.74, 6) is 0.879. The number of nitrogens with one attached hydrogen (secondary N) is 2. The molecule has 2 amide bonds. The van der Waals surface area contributed by atoms with E-state index in [1.54, 1.807) is 0 Å². The molecule has 0 radical (unpaired) electrons. The third-order valence-electron chi connectivity index (χ3n) is 5.20. The topological polar surface area (TPSA) is 84.2 Å². The van der Waals surface area contributed by atoms with Crippen molar-refractivity contribution in [3.63, 3.8) is 0 Å². The Balaban J connectivity index is 0.000000687. The first kappa shape index (κ1) is 31.3. The summed E-state index contributed by atoms with van der Waals surface area (Å²) in [6.07, 6.45) is 6.25. The Labute approximate surface area is 207 Å². The van der Waals surface area contributed by atoms with E-state index in [0.29, 0.717) is 18.9 Å². The minimum Gasteiger partial charge on any atom is -0.353 e. The predicted molar refractivity (Wildman–Crippen MR) is 144 cm³/mol. The fraction of sp³-hybridized carbons (Fsp3) is 0.517. The molecule has 0 heterocycles. The summed E-state index contributed by atoms with van der Waals surface area (Å²) in [6, 6.07) is 19.8. The maximum atomic E-state index is 12.3. The second kappa shape index (κ2) is 20.9. The van der Waals surface area contributed by atoms with Crippen molar-refractivity contribution in [1.82, 2.24) is 10.6 Å². The van der Waals surface area contributed by atoms with Crippen LogP contribution in [0.3, 0.4) is 0 Å². The van der Waals surface area contributed by atoms with Crippen LogP contribution in [0.4, 0.5) is 0 Å². The van der Waals surface area contributed by atoms with Gasteiger partial charge in [-0.2, -0.15) is 0 Å². The fourth-order valence-corrected chi connectivity index (χ4v) is 3.59. The Morgan fingerprint density at radius 2 is 1.56 bits per heavy atom. The molecule has 190 valence electrons. The molecule has 3 unspecified atom stereocenters. The first-order chi connectivity index (χ1) is 16.4. The van der Waals surface area contributed by atoms with Gasteiger partial charge in [-0.1, -0.05) is 113 Å². The van der Waals surface area contributed by atoms with Crippen LogP contribution in [0, 0.1) is 18.8 Å². The monoisotopic (exact) mass is 469 g/mol. The Morgan fingerprint density at radius 1 is 1.03 bits per heavy atom. The molecule has 4 N–H and O–H groups in total. The van der Waals surface area contributed by atoms with E-state index < -0.39 is 0 Å². The molecule has 1 aliphatic carbocycles. The number of carbonyl (C=O) groups is 2. The molecule has 0 bridgehead atoms. The van der Waals surface area contributed by atoms with Gasteiger partial charge >= 0.3 is 0 Å². The van der Waals surface area contributed by atoms with Gasteiger partial charge in [0.2, 0.25) is 12.3 Å². The van der Waals surface area contributed by atoms with Gasteiger partial charge in [-0.05, 0) is 37.8 Å². The Morgan fingerprint density at radius 3 is 2.00 bits per heavy atom. The van der Waals surface area contributed by atoms with Crippen molar-refractivity contribution < 1.29 is 9.59 Å². The van der Waals surface area contributed by atoms with Gasteiger partial charge in [-0.25, -0.2) is 0 Å². The lowest BCUT2D eigenvalue weighted by molar-refractivity contribution is -0.126. The standard InChI is InChI=1S/C17H24N2O2.C7H8.C3H8.C2H7N/c1-13-6-5-9-15(10-13)17(21)18-11-16(19-12-20)14-7-3-2-4-8-14;1-7-5-3-2-4-6-7;1-3-2;1-2-3/h2-4,7-8,12-13,15-16H,5-6,9-11H2,1H3,(H,18,21)(H,19,20);2-6H,1H3;3H2,1-2H3;2-3H2,1H3. The zero-order chi connectivity index (χ0) is 25.6. The van der Waals surface area contributed by atoms with E-state index in [2.05, 4.69) is 50.5 Å². The lowest BCUT2D eigenvalue weighted by Gasteiger charge is -2.26. The minimum absolute atomic E-state index is 0.121. The van der Waals surface area contributed by atoms with Crippen LogP contribution in [0.25, 0.3) is 0 Å². The smallest absolute Gasteiger partial charge is 0.223 e. The van der Waals surface area contributed by atoms with E-state index in [0.717, 1.165) is 31.4 Å². The van der Waals surface area contributed by atoms with E-state index in [1.165, 1.54) is 18.4 Å². The van der Waals surface area contributed by atoms with Crippen LogP contribution < -0.4 is 16.4 Å². The quantitative estimate of drug-likeness (QED) is 0.468. The van der Waals surface area contributed by atoms with Crippen LogP contribution in [0.1, 0.15) is 77.0 Å². The number of aryl methyl sites for hydroxylation is 1. The van der Waals surface area contributed by atoms with Crippen LogP contribution in [-0.4, -0.2) is 25.4 Å². The fourth-order valence-electron chi connectivity index (χ4n) is 3.59. The summed E-state index contributed by atoms with van der Waals surface area (Å²) in [4.78, 5) is 23.0. The highest BCUT2D eigenvalue weighted by Crippen LogP contribution is 2.28. The lowest BCUT2D eigenvalue weighted by atomic mass is 9.82. The Kier molecular flexibility index (Phi) is 19.3. The van der Waals surface area contributed by atoms with E-state index in [-0.39, 0.29) is 17.9 Å². The zero-order valence-electron chi connectivity index (χ0n) is 21.9. The van der Waals surface area contributed by atoms with Gasteiger partial charge in [-0.3, -0.25) is 9.59 Å². The van der Waals surface area contributed by atoms with E-state index >= 15 is 0 Å². The molecule has 0 aromatic heterocycles. The molecular weight excluding hydrogens is 422 g/mol. The first-order valence-corrected chi connectivity index (χ1v) is 12.7. The van der Waals surface area contributed by atoms with Gasteiger partial charge < -0.3 is 16.4 Å². The number of carbonyl (C=O) groups excluding carboxylic acids is 2. The minimum atomic E-state index is -0.173. The largest absolute Gasteiger partial charge is 0.353 e. The maximum absolute atomic E-state index is 12.3. The van der Waals surface area contributed by atoms with Crippen LogP contribution in [0.2, 0.25) is 0 Å². The lowest BCUT2D eigenvalue weighted by Crippen LogP contribution is -2.39. The molecule has 3 rings (SSSR count). The van der Waals surface area contributed by atoms with Crippen molar-refractivity contribution in [2.45, 2.75) is 72.8 Å². The summed E-state index contributed by atoms with van der Waals surface area (Å²) in [5, 5.41) is 5.77. The highest BCUT2D eigenvalue weighted by atomic mass is 16.2. The van der Waals surface area contributed by atoms with E-state index in [9.17, 15) is 9.59 Å². The van der Waals surface area contributed by atoms with Gasteiger partial charge in [0.05, 0.1) is 6.04 Å². The van der Waals surface area contributed by atoms with Crippen molar-refractivity contribution >= 4 is 12.3 Å². The molecule has 0 saturated heterocycles. The van der Waals surface area contributed by atoms with Gasteiger partial charge in [0.1, 0.15) is 0 Å². The number of amides is 2. The third-order valence-corrected chi connectivity index (χ3v) is 5.20. The molecule has 2 aromatic rings. The van der Waals surface area contributed by atoms with Crippen molar-refractivity contribution in [3.8, 4) is 0 Å². The second-order valence-corrected chi connectivity index (χ2v) is 8.73. The first-order valence-electron chi connectivity index (χ1n) is 12.7. The van der Waals surface area contributed by atoms with E-state index in [1.807, 2.05) is 55.5 Å². The molecule has 2 aromatic carbocycles. The van der Waals surface area contributed by atoms with E-state index in [4.69, 9.17) is 5.73 Å². The van der Waals surface area contributed by atoms with Crippen molar-refractivity contribution in [2.24, 2.45) is 17.6 Å². The molecular formula is C29H47N3O2. The zero-order valence-corrected chi connectivity index (χ0v) is 21.9. The van der Waals surface area contributed by atoms with Crippen LogP contribution in [0.5, 0.6) is 0 Å². The highest BCUT2D eigenvalue weighted by molar-refractivity contribution is 5.78. The van der Waals surface area contributed by atoms with Crippen LogP contribution >= 0.6 is 0 Å². The van der Waals surface area contributed by atoms with Crippen molar-refractivity contribution in [1.29, 1.82) is 0 Å². The average Bonchev–Trinajstić information content (AvgIpc) is 2.84. The Hall–Kier alpha value is -2.66. The molecule has 1 saturated carbocycles. The molecule has 1 aliphatic rings. The number of hydrogen-bond donors (Lipinski definition) is 3. The molecule has 0 aliphatic heterocycles. The average molecular weight is 470 g/mol. The number of nitrogens with two attached hydrogens (primary N) is 1. The molecule has 1 fully saturated rings. The summed E-state index contributed by atoms with van der Waals surface area (Å²) >= 11 is 0. The summed E-state index contributed by atoms with van der Waals surface area (Å²) in [6.45, 7) is 11.6. The van der Waals surface area contributed by atoms with Gasteiger partial charge in [0, 0.05) is 12.5 Å². The third kappa shape index (κ3) is 15.2. The molecule has 34 heavy (non-hydrogen) atoms. The normalized spacial score (nSPS) is 17.1. The SMILES string of the molecule is CC1CCCC(C(=O)NCC(NC=O)c2ccccc2)C1.CCC.CCN.Cc1ccccc1. The summed E-state index contributed by atoms with van der Waals surface area (Å²) < 4.78 is 0. The van der Waals surface area contributed by atoms with Crippen LogP contribution in [0.15, 0.2) is 60.7 Å². The maximum Gasteiger partial charge on any atom is 0.223 e. The molecule has 0 spiro atoms. The number of rotatable bonds is 6. The molecule has 5 heteroatoms. The van der Waals surface area contributed by atoms with Crippen molar-refractivity contribution in [2.75, 3.05) is 13.1 Å². The molecule has 3 atom stereocenters.